The molecule has 40 heavy (non-hydrogen) atoms. The lowest BCUT2D eigenvalue weighted by Crippen LogP contribution is -2.52. The molecule has 1 atom stereocenters. The van der Waals surface area contributed by atoms with Crippen molar-refractivity contribution in [2.75, 3.05) is 5.32 Å². The Bertz CT molecular complexity index is 1360. The number of pyridine rings is 1. The molecular formula is C28H31N5O7. The second-order valence-electron chi connectivity index (χ2n) is 11.2. The molecule has 0 bridgehead atoms. The highest BCUT2D eigenvalue weighted by molar-refractivity contribution is 6.06. The fraction of sp³-hybridized carbons (Fsp3) is 0.429. The van der Waals surface area contributed by atoms with Gasteiger partial charge >= 0.3 is 6.09 Å². The molecule has 2 aromatic rings. The Labute approximate surface area is 230 Å². The van der Waals surface area contributed by atoms with Gasteiger partial charge in [-0.2, -0.15) is 0 Å². The second kappa shape index (κ2) is 10.6. The van der Waals surface area contributed by atoms with Crippen molar-refractivity contribution in [2.45, 2.75) is 76.8 Å². The summed E-state index contributed by atoms with van der Waals surface area (Å²) < 4.78 is 11.1. The Morgan fingerprint density at radius 3 is 2.55 bits per heavy atom. The third kappa shape index (κ3) is 6.05. The molecule has 1 saturated heterocycles. The molecule has 5 rings (SSSR count). The first-order valence-electron chi connectivity index (χ1n) is 13.2. The molecule has 0 spiro atoms. The van der Waals surface area contributed by atoms with Gasteiger partial charge in [-0.15, -0.1) is 0 Å². The summed E-state index contributed by atoms with van der Waals surface area (Å²) in [6.45, 7) is 5.64. The van der Waals surface area contributed by atoms with E-state index >= 15 is 0 Å². The Morgan fingerprint density at radius 2 is 1.88 bits per heavy atom. The zero-order chi connectivity index (χ0) is 28.6. The van der Waals surface area contributed by atoms with E-state index in [0.29, 0.717) is 35.4 Å². The van der Waals surface area contributed by atoms with Gasteiger partial charge in [0.2, 0.25) is 11.8 Å². The highest BCUT2D eigenvalue weighted by Gasteiger charge is 2.39. The maximum Gasteiger partial charge on any atom is 0.407 e. The van der Waals surface area contributed by atoms with Crippen LogP contribution in [-0.2, 0) is 20.9 Å². The number of imide groups is 1. The van der Waals surface area contributed by atoms with Crippen LogP contribution in [0.25, 0.3) is 0 Å². The number of hydrogen-bond donors (Lipinski definition) is 3. The van der Waals surface area contributed by atoms with Crippen molar-refractivity contribution in [3.8, 4) is 5.75 Å². The Morgan fingerprint density at radius 1 is 1.10 bits per heavy atom. The van der Waals surface area contributed by atoms with Gasteiger partial charge in [-0.1, -0.05) is 0 Å². The van der Waals surface area contributed by atoms with Crippen molar-refractivity contribution in [2.24, 2.45) is 0 Å². The summed E-state index contributed by atoms with van der Waals surface area (Å²) in [5, 5.41) is 7.88. The zero-order valence-electron chi connectivity index (χ0n) is 22.5. The predicted octanol–water partition coefficient (Wildman–Crippen LogP) is 2.53. The number of aromatic nitrogens is 1. The topological polar surface area (TPSA) is 156 Å². The van der Waals surface area contributed by atoms with Crippen LogP contribution in [0.1, 0.15) is 72.9 Å². The molecule has 1 aliphatic carbocycles. The van der Waals surface area contributed by atoms with E-state index in [4.69, 9.17) is 9.47 Å². The van der Waals surface area contributed by atoms with Crippen LogP contribution in [0.4, 0.5) is 10.5 Å². The second-order valence-corrected chi connectivity index (χ2v) is 11.2. The number of amides is 5. The minimum atomic E-state index is -0.701. The van der Waals surface area contributed by atoms with Crippen LogP contribution in [0.3, 0.4) is 0 Å². The molecule has 12 heteroatoms. The zero-order valence-corrected chi connectivity index (χ0v) is 22.5. The number of anilines is 1. The summed E-state index contributed by atoms with van der Waals surface area (Å²) in [5.74, 6) is -1.00. The number of rotatable bonds is 6. The first-order chi connectivity index (χ1) is 18.9. The van der Waals surface area contributed by atoms with Crippen LogP contribution >= 0.6 is 0 Å². The highest BCUT2D eigenvalue weighted by Crippen LogP contribution is 2.30. The Kier molecular flexibility index (Phi) is 7.17. The number of carbonyl (C=O) groups is 5. The van der Waals surface area contributed by atoms with Crippen LogP contribution in [0.15, 0.2) is 36.5 Å². The van der Waals surface area contributed by atoms with Gasteiger partial charge in [0.1, 0.15) is 29.2 Å². The van der Waals surface area contributed by atoms with Crippen LogP contribution in [-0.4, -0.2) is 63.4 Å². The molecular weight excluding hydrogens is 518 g/mol. The van der Waals surface area contributed by atoms with Crippen LogP contribution < -0.4 is 20.7 Å². The summed E-state index contributed by atoms with van der Waals surface area (Å²) in [5.41, 5.74) is 1.27. The van der Waals surface area contributed by atoms with E-state index in [1.807, 2.05) is 20.8 Å². The molecule has 12 nitrogen and oxygen atoms in total. The fourth-order valence-electron chi connectivity index (χ4n) is 4.88. The third-order valence-corrected chi connectivity index (χ3v) is 6.87. The van der Waals surface area contributed by atoms with Crippen molar-refractivity contribution >= 4 is 35.4 Å². The number of fused-ring (bicyclic) bond motifs is 1. The number of benzene rings is 1. The van der Waals surface area contributed by atoms with Gasteiger partial charge in [-0.05, 0) is 63.1 Å². The molecule has 1 saturated carbocycles. The number of hydrogen-bond acceptors (Lipinski definition) is 8. The van der Waals surface area contributed by atoms with Crippen LogP contribution in [0.2, 0.25) is 0 Å². The average molecular weight is 550 g/mol. The maximum absolute atomic E-state index is 12.9. The molecule has 3 heterocycles. The largest absolute Gasteiger partial charge is 0.489 e. The molecule has 1 unspecified atom stereocenters. The van der Waals surface area contributed by atoms with Gasteiger partial charge in [0.25, 0.3) is 11.8 Å². The van der Waals surface area contributed by atoms with Gasteiger partial charge in [0.05, 0.1) is 6.20 Å². The average Bonchev–Trinajstić information content (AvgIpc) is 3.17. The van der Waals surface area contributed by atoms with Crippen molar-refractivity contribution in [3.05, 3.63) is 53.3 Å². The first kappa shape index (κ1) is 27.1. The molecule has 2 fully saturated rings. The molecule has 5 amide bonds. The molecule has 1 aromatic heterocycles. The smallest absolute Gasteiger partial charge is 0.407 e. The summed E-state index contributed by atoms with van der Waals surface area (Å²) in [6, 6.07) is 7.44. The lowest BCUT2D eigenvalue weighted by atomic mass is 9.89. The highest BCUT2D eigenvalue weighted by atomic mass is 16.6. The minimum Gasteiger partial charge on any atom is -0.489 e. The minimum absolute atomic E-state index is 0.0171. The van der Waals surface area contributed by atoms with Gasteiger partial charge in [-0.25, -0.2) is 9.78 Å². The van der Waals surface area contributed by atoms with E-state index in [9.17, 15) is 24.0 Å². The lowest BCUT2D eigenvalue weighted by molar-refractivity contribution is -0.136. The molecule has 3 aliphatic rings. The number of nitrogens with one attached hydrogen (secondary N) is 3. The van der Waals surface area contributed by atoms with Gasteiger partial charge < -0.3 is 25.0 Å². The molecule has 0 radical (unpaired) electrons. The number of nitrogens with zero attached hydrogens (tertiary/aromatic N) is 2. The number of ether oxygens (including phenoxy) is 2. The molecule has 1 aromatic carbocycles. The van der Waals surface area contributed by atoms with E-state index in [0.717, 1.165) is 0 Å². The van der Waals surface area contributed by atoms with Gasteiger partial charge in [0.15, 0.2) is 0 Å². The van der Waals surface area contributed by atoms with E-state index in [1.165, 1.54) is 11.1 Å². The van der Waals surface area contributed by atoms with Crippen molar-refractivity contribution < 1.29 is 33.4 Å². The number of carbonyl (C=O) groups excluding carboxylic acids is 5. The van der Waals surface area contributed by atoms with Crippen LogP contribution in [0.5, 0.6) is 5.75 Å². The maximum atomic E-state index is 12.9. The Hall–Kier alpha value is -4.48. The summed E-state index contributed by atoms with van der Waals surface area (Å²) in [4.78, 5) is 66.9. The van der Waals surface area contributed by atoms with E-state index in [-0.39, 0.29) is 49.0 Å². The third-order valence-electron chi connectivity index (χ3n) is 6.87. The molecule has 2 aliphatic heterocycles. The summed E-state index contributed by atoms with van der Waals surface area (Å²) in [6.07, 6.45) is 2.70. The van der Waals surface area contributed by atoms with Crippen molar-refractivity contribution in [1.82, 2.24) is 20.5 Å². The van der Waals surface area contributed by atoms with Crippen molar-refractivity contribution in [3.63, 3.8) is 0 Å². The summed E-state index contributed by atoms with van der Waals surface area (Å²) >= 11 is 0. The van der Waals surface area contributed by atoms with Gasteiger partial charge in [-0.3, -0.25) is 24.5 Å². The number of piperidine rings is 1. The van der Waals surface area contributed by atoms with E-state index in [2.05, 4.69) is 20.9 Å². The van der Waals surface area contributed by atoms with Crippen molar-refractivity contribution in [1.29, 1.82) is 0 Å². The Balaban J connectivity index is 1.12. The SMILES string of the molecule is CC(C)(C)OC(=O)NC1CC(Oc2ccc(C(=O)Nc3ccc4c(c3)CN(C3CCC(=O)NC3=O)C4=O)nc2)C1. The van der Waals surface area contributed by atoms with E-state index < -0.39 is 29.6 Å². The fourth-order valence-corrected chi connectivity index (χ4v) is 4.88. The number of alkyl carbamates (subject to hydrolysis) is 1. The van der Waals surface area contributed by atoms with Gasteiger partial charge in [0, 0.05) is 43.1 Å². The summed E-state index contributed by atoms with van der Waals surface area (Å²) in [7, 11) is 0. The quantitative estimate of drug-likeness (QED) is 0.464. The normalized spacial score (nSPS) is 22.1. The molecule has 210 valence electrons. The molecule has 3 N–H and O–H groups in total. The standard InChI is InChI=1S/C28H31N5O7/c1-28(2,3)40-27(38)31-17-11-19(12-17)39-18-5-7-21(29-13-18)24(35)30-16-4-6-20-15(10-16)14-33(26(20)37)22-8-9-23(34)32-25(22)36/h4-7,10,13,17,19,22H,8-9,11-12,14H2,1-3H3,(H,30,35)(H,31,38)(H,32,34,36). The van der Waals surface area contributed by atoms with Crippen LogP contribution in [0, 0.1) is 0 Å². The van der Waals surface area contributed by atoms with E-state index in [1.54, 1.807) is 30.3 Å². The predicted molar refractivity (Wildman–Crippen MR) is 141 cm³/mol. The monoisotopic (exact) mass is 549 g/mol. The first-order valence-corrected chi connectivity index (χ1v) is 13.2. The lowest BCUT2D eigenvalue weighted by Gasteiger charge is -2.36.